The molecule has 3 heterocycles. The molecule has 172 valence electrons. The van der Waals surface area contributed by atoms with Gasteiger partial charge in [-0.3, -0.25) is 4.79 Å². The van der Waals surface area contributed by atoms with E-state index in [-0.39, 0.29) is 18.0 Å². The minimum atomic E-state index is -0.0726. The van der Waals surface area contributed by atoms with Crippen LogP contribution in [0.4, 0.5) is 5.95 Å². The number of carbonyl (C=O) groups excluding carboxylic acids is 1. The van der Waals surface area contributed by atoms with Crippen molar-refractivity contribution in [3.05, 3.63) is 59.2 Å². The molecule has 0 atom stereocenters. The second-order valence-corrected chi connectivity index (χ2v) is 9.16. The lowest BCUT2D eigenvalue weighted by molar-refractivity contribution is 0.0599. The van der Waals surface area contributed by atoms with Gasteiger partial charge in [0.25, 0.3) is 5.91 Å². The lowest BCUT2D eigenvalue weighted by Crippen LogP contribution is -2.38. The highest BCUT2D eigenvalue weighted by atomic mass is 16.5. The van der Waals surface area contributed by atoms with Crippen LogP contribution in [0.15, 0.2) is 36.8 Å². The number of hydrogen-bond acceptors (Lipinski definition) is 6. The van der Waals surface area contributed by atoms with E-state index in [9.17, 15) is 4.79 Å². The topological polar surface area (TPSA) is 93.4 Å². The van der Waals surface area contributed by atoms with E-state index < -0.39 is 0 Å². The van der Waals surface area contributed by atoms with Crippen molar-refractivity contribution in [2.75, 3.05) is 12.4 Å². The number of rotatable bonds is 6. The van der Waals surface area contributed by atoms with E-state index in [1.54, 1.807) is 17.8 Å². The average molecular weight is 447 g/mol. The Kier molecular flexibility index (Phi) is 5.85. The molecule has 2 N–H and O–H groups in total. The molecular weight excluding hydrogens is 416 g/mol. The van der Waals surface area contributed by atoms with E-state index in [1.807, 2.05) is 24.5 Å². The summed E-state index contributed by atoms with van der Waals surface area (Å²) in [5, 5.41) is 10.8. The van der Waals surface area contributed by atoms with E-state index in [2.05, 4.69) is 45.6 Å². The number of ether oxygens (including phenoxy) is 1. The molecule has 0 aliphatic heterocycles. The molecule has 33 heavy (non-hydrogen) atoms. The highest BCUT2D eigenvalue weighted by Crippen LogP contribution is 2.32. The van der Waals surface area contributed by atoms with Crippen LogP contribution in [0, 0.1) is 0 Å². The highest BCUT2D eigenvalue weighted by Gasteiger charge is 2.24. The first-order valence-electron chi connectivity index (χ1n) is 11.7. The molecule has 1 saturated carbocycles. The molecule has 2 aliphatic rings. The number of allylic oxidation sites excluding steroid dienone is 1. The van der Waals surface area contributed by atoms with Gasteiger partial charge in [0.1, 0.15) is 0 Å². The van der Waals surface area contributed by atoms with Gasteiger partial charge in [0.2, 0.25) is 5.95 Å². The molecule has 5 rings (SSSR count). The monoisotopic (exact) mass is 446 g/mol. The highest BCUT2D eigenvalue weighted by molar-refractivity contribution is 6.01. The van der Waals surface area contributed by atoms with Gasteiger partial charge in [-0.1, -0.05) is 6.08 Å². The molecular formula is C25H30N6O2. The van der Waals surface area contributed by atoms with Crippen molar-refractivity contribution in [3.63, 3.8) is 0 Å². The summed E-state index contributed by atoms with van der Waals surface area (Å²) in [5.74, 6) is 0.583. The minimum Gasteiger partial charge on any atom is -0.381 e. The van der Waals surface area contributed by atoms with Crippen LogP contribution in [-0.2, 0) is 11.2 Å². The number of fused-ring (bicyclic) bond motifs is 2. The molecule has 8 nitrogen and oxygen atoms in total. The van der Waals surface area contributed by atoms with E-state index in [0.29, 0.717) is 17.6 Å². The van der Waals surface area contributed by atoms with Crippen LogP contribution in [-0.4, -0.2) is 50.8 Å². The maximum atomic E-state index is 13.1. The number of hydrogen-bond donors (Lipinski definition) is 2. The zero-order valence-corrected chi connectivity index (χ0v) is 19.3. The third-order valence-electron chi connectivity index (χ3n) is 6.50. The van der Waals surface area contributed by atoms with Gasteiger partial charge in [-0.2, -0.15) is 5.10 Å². The van der Waals surface area contributed by atoms with Crippen molar-refractivity contribution in [1.82, 2.24) is 24.9 Å². The quantitative estimate of drug-likeness (QED) is 0.601. The zero-order chi connectivity index (χ0) is 22.9. The maximum absolute atomic E-state index is 13.1. The molecule has 8 heteroatoms. The molecule has 0 spiro atoms. The molecule has 0 saturated heterocycles. The number of nitrogens with one attached hydrogen (secondary N) is 2. The fourth-order valence-corrected chi connectivity index (χ4v) is 4.74. The third-order valence-corrected chi connectivity index (χ3v) is 6.50. The van der Waals surface area contributed by atoms with Crippen molar-refractivity contribution in [1.29, 1.82) is 0 Å². The maximum Gasteiger partial charge on any atom is 0.255 e. The molecule has 3 aromatic rings. The molecule has 0 bridgehead atoms. The number of pyridine rings is 1. The van der Waals surface area contributed by atoms with Crippen molar-refractivity contribution < 1.29 is 9.53 Å². The SMILES string of the molecule is COC1CCC(NC(=O)c2cnn3ccc(C4=CCc5nc(NC(C)C)ncc54)cc23)CC1. The normalized spacial score (nSPS) is 20.1. The van der Waals surface area contributed by atoms with Crippen molar-refractivity contribution in [2.45, 2.75) is 64.1 Å². The van der Waals surface area contributed by atoms with Gasteiger partial charge in [0.05, 0.1) is 29.1 Å². The molecule has 2 aliphatic carbocycles. The molecule has 3 aromatic heterocycles. The van der Waals surface area contributed by atoms with E-state index in [0.717, 1.165) is 60.0 Å². The summed E-state index contributed by atoms with van der Waals surface area (Å²) in [4.78, 5) is 22.2. The van der Waals surface area contributed by atoms with Gasteiger partial charge in [0.15, 0.2) is 0 Å². The Bertz CT molecular complexity index is 1210. The van der Waals surface area contributed by atoms with Crippen LogP contribution in [0.3, 0.4) is 0 Å². The average Bonchev–Trinajstić information content (AvgIpc) is 3.42. The summed E-state index contributed by atoms with van der Waals surface area (Å²) in [6, 6.07) is 4.51. The van der Waals surface area contributed by atoms with Gasteiger partial charge in [-0.05, 0) is 62.8 Å². The fourth-order valence-electron chi connectivity index (χ4n) is 4.74. The van der Waals surface area contributed by atoms with Crippen molar-refractivity contribution in [2.24, 2.45) is 0 Å². The molecule has 0 radical (unpaired) electrons. The molecule has 1 fully saturated rings. The summed E-state index contributed by atoms with van der Waals surface area (Å²) >= 11 is 0. The van der Waals surface area contributed by atoms with Gasteiger partial charge in [0, 0.05) is 43.6 Å². The summed E-state index contributed by atoms with van der Waals surface area (Å²) in [6.45, 7) is 4.14. The summed E-state index contributed by atoms with van der Waals surface area (Å²) in [7, 11) is 1.76. The number of carbonyl (C=O) groups is 1. The summed E-state index contributed by atoms with van der Waals surface area (Å²) < 4.78 is 7.19. The first-order chi connectivity index (χ1) is 16.0. The Morgan fingerprint density at radius 1 is 1.21 bits per heavy atom. The van der Waals surface area contributed by atoms with Crippen LogP contribution in [0.5, 0.6) is 0 Å². The predicted molar refractivity (Wildman–Crippen MR) is 127 cm³/mol. The van der Waals surface area contributed by atoms with Gasteiger partial charge in [-0.25, -0.2) is 14.5 Å². The number of aromatic nitrogens is 4. The standard InChI is InChI=1S/C25H30N6O2/c1-15(2)28-25-26-13-20-19(8-9-22(20)30-25)16-10-11-31-23(12-16)21(14-27-31)24(32)29-17-4-6-18(33-3)7-5-17/h8,10-15,17-18H,4-7,9H2,1-3H3,(H,29,32)(H,26,28,30). The Hall–Kier alpha value is -3.26. The second-order valence-electron chi connectivity index (χ2n) is 9.16. The van der Waals surface area contributed by atoms with Crippen LogP contribution >= 0.6 is 0 Å². The largest absolute Gasteiger partial charge is 0.381 e. The Labute approximate surface area is 193 Å². The van der Waals surface area contributed by atoms with Gasteiger partial charge >= 0.3 is 0 Å². The molecule has 0 unspecified atom stereocenters. The van der Waals surface area contributed by atoms with E-state index in [4.69, 9.17) is 4.74 Å². The molecule has 1 amide bonds. The van der Waals surface area contributed by atoms with Crippen LogP contribution in [0.1, 0.15) is 66.7 Å². The van der Waals surface area contributed by atoms with Crippen LogP contribution < -0.4 is 10.6 Å². The second kappa shape index (κ2) is 8.94. The Balaban J connectivity index is 1.37. The number of amides is 1. The van der Waals surface area contributed by atoms with Gasteiger partial charge < -0.3 is 15.4 Å². The Morgan fingerprint density at radius 3 is 2.79 bits per heavy atom. The first kappa shape index (κ1) is 21.6. The lowest BCUT2D eigenvalue weighted by Gasteiger charge is -2.28. The summed E-state index contributed by atoms with van der Waals surface area (Å²) in [5.41, 5.74) is 5.56. The number of nitrogens with zero attached hydrogens (tertiary/aromatic N) is 4. The van der Waals surface area contributed by atoms with Crippen LogP contribution in [0.25, 0.3) is 11.1 Å². The number of anilines is 1. The van der Waals surface area contributed by atoms with E-state index >= 15 is 0 Å². The smallest absolute Gasteiger partial charge is 0.255 e. The van der Waals surface area contributed by atoms with E-state index in [1.165, 1.54) is 0 Å². The fraction of sp³-hybridized carbons (Fsp3) is 0.440. The number of methoxy groups -OCH3 is 1. The first-order valence-corrected chi connectivity index (χ1v) is 11.7. The van der Waals surface area contributed by atoms with Gasteiger partial charge in [-0.15, -0.1) is 0 Å². The van der Waals surface area contributed by atoms with Crippen molar-refractivity contribution >= 4 is 22.9 Å². The summed E-state index contributed by atoms with van der Waals surface area (Å²) in [6.07, 6.45) is 12.5. The van der Waals surface area contributed by atoms with Crippen molar-refractivity contribution in [3.8, 4) is 0 Å². The zero-order valence-electron chi connectivity index (χ0n) is 19.3. The molecule has 0 aromatic carbocycles. The lowest BCUT2D eigenvalue weighted by atomic mass is 9.93. The minimum absolute atomic E-state index is 0.0726. The Morgan fingerprint density at radius 2 is 2.03 bits per heavy atom. The third kappa shape index (κ3) is 4.35. The van der Waals surface area contributed by atoms with Crippen LogP contribution in [0.2, 0.25) is 0 Å². The predicted octanol–water partition coefficient (Wildman–Crippen LogP) is 3.62.